The van der Waals surface area contributed by atoms with Crippen LogP contribution in [0.2, 0.25) is 0 Å². The van der Waals surface area contributed by atoms with Crippen LogP contribution in [0.5, 0.6) is 0 Å². The molecule has 6 N–H and O–H groups in total. The fourth-order valence-corrected chi connectivity index (χ4v) is 0.961. The number of hydrogen-bond acceptors (Lipinski definition) is 4. The second-order valence-corrected chi connectivity index (χ2v) is 2.98. The first-order valence-corrected chi connectivity index (χ1v) is 3.91. The molecule has 12 heavy (non-hydrogen) atoms. The summed E-state index contributed by atoms with van der Waals surface area (Å²) in [5.74, 6) is 0.255. The Morgan fingerprint density at radius 2 is 2.42 bits per heavy atom. The van der Waals surface area contributed by atoms with E-state index in [0.717, 1.165) is 0 Å². The van der Waals surface area contributed by atoms with E-state index in [2.05, 4.69) is 9.97 Å². The minimum atomic E-state index is -0.846. The Bertz CT molecular complexity index is 251. The van der Waals surface area contributed by atoms with Crippen LogP contribution in [0.15, 0.2) is 6.20 Å². The molecule has 5 nitrogen and oxygen atoms in total. The number of nitrogens with one attached hydrogen (secondary N) is 1. The number of H-pyrrole nitrogens is 1. The van der Waals surface area contributed by atoms with Crippen molar-refractivity contribution < 1.29 is 5.11 Å². The molecular formula is C6H11ClN4O. The van der Waals surface area contributed by atoms with Gasteiger partial charge in [0.1, 0.15) is 6.10 Å². The van der Waals surface area contributed by atoms with Crippen molar-refractivity contribution in [3.63, 3.8) is 0 Å². The van der Waals surface area contributed by atoms with Gasteiger partial charge < -0.3 is 21.6 Å². The molecular weight excluding hydrogens is 180 g/mol. The number of halogens is 1. The molecule has 0 amide bonds. The lowest BCUT2D eigenvalue weighted by molar-refractivity contribution is 0.170. The number of aliphatic hydroxyl groups is 1. The van der Waals surface area contributed by atoms with Crippen molar-refractivity contribution in [2.45, 2.75) is 11.5 Å². The third-order valence-electron chi connectivity index (χ3n) is 1.50. The van der Waals surface area contributed by atoms with E-state index in [1.54, 1.807) is 0 Å². The predicted octanol–water partition coefficient (Wildman–Crippen LogP) is -0.409. The monoisotopic (exact) mass is 190 g/mol. The highest BCUT2D eigenvalue weighted by atomic mass is 35.5. The molecule has 1 aromatic heterocycles. The number of nitrogens with two attached hydrogens (primary N) is 2. The fourth-order valence-electron chi connectivity index (χ4n) is 0.826. The molecule has 0 unspecified atom stereocenters. The average molecular weight is 191 g/mol. The van der Waals surface area contributed by atoms with Crippen molar-refractivity contribution in [1.82, 2.24) is 9.97 Å². The van der Waals surface area contributed by atoms with Gasteiger partial charge >= 0.3 is 0 Å². The number of aliphatic hydroxyl groups excluding tert-OH is 1. The molecule has 0 fully saturated rings. The van der Waals surface area contributed by atoms with Crippen molar-refractivity contribution in [1.29, 1.82) is 0 Å². The Balaban J connectivity index is 2.70. The Kier molecular flexibility index (Phi) is 2.91. The summed E-state index contributed by atoms with van der Waals surface area (Å²) in [7, 11) is 0. The van der Waals surface area contributed by atoms with Gasteiger partial charge in [0.25, 0.3) is 0 Å². The van der Waals surface area contributed by atoms with Gasteiger partial charge in [-0.2, -0.15) is 0 Å². The van der Waals surface area contributed by atoms with E-state index in [0.29, 0.717) is 5.69 Å². The molecule has 68 valence electrons. The first-order chi connectivity index (χ1) is 5.65. The van der Waals surface area contributed by atoms with Crippen LogP contribution in [0.25, 0.3) is 0 Å². The number of hydrogen-bond donors (Lipinski definition) is 4. The second-order valence-electron chi connectivity index (χ2n) is 2.42. The van der Waals surface area contributed by atoms with Crippen molar-refractivity contribution in [3.05, 3.63) is 11.9 Å². The summed E-state index contributed by atoms with van der Waals surface area (Å²) in [6.45, 7) is 0.196. The van der Waals surface area contributed by atoms with Crippen LogP contribution >= 0.6 is 11.6 Å². The van der Waals surface area contributed by atoms with E-state index in [9.17, 15) is 5.11 Å². The highest BCUT2D eigenvalue weighted by Gasteiger charge is 2.18. The van der Waals surface area contributed by atoms with E-state index < -0.39 is 11.5 Å². The summed E-state index contributed by atoms with van der Waals surface area (Å²) in [6, 6.07) is 0. The standard InChI is InChI=1S/C6H11ClN4O/c7-3(1-8)5(12)4-2-10-6(9)11-4/h2-3,5,12H,1,8H2,(H3,9,10,11)/t3-,5-/m0/s1. The molecule has 0 saturated carbocycles. The zero-order valence-electron chi connectivity index (χ0n) is 6.37. The maximum atomic E-state index is 9.46. The van der Waals surface area contributed by atoms with Crippen molar-refractivity contribution in [3.8, 4) is 0 Å². The van der Waals surface area contributed by atoms with Crippen LogP contribution < -0.4 is 11.5 Å². The van der Waals surface area contributed by atoms with E-state index in [1.165, 1.54) is 6.20 Å². The lowest BCUT2D eigenvalue weighted by Gasteiger charge is -2.12. The molecule has 0 aliphatic heterocycles. The lowest BCUT2D eigenvalue weighted by atomic mass is 10.2. The van der Waals surface area contributed by atoms with Gasteiger partial charge in [0.2, 0.25) is 0 Å². The molecule has 0 spiro atoms. The molecule has 2 atom stereocenters. The summed E-state index contributed by atoms with van der Waals surface area (Å²) < 4.78 is 0. The maximum absolute atomic E-state index is 9.46. The highest BCUT2D eigenvalue weighted by molar-refractivity contribution is 6.21. The maximum Gasteiger partial charge on any atom is 0.197 e. The average Bonchev–Trinajstić information content (AvgIpc) is 2.49. The second kappa shape index (κ2) is 3.75. The predicted molar refractivity (Wildman–Crippen MR) is 46.7 cm³/mol. The number of imidazole rings is 1. The van der Waals surface area contributed by atoms with Gasteiger partial charge in [-0.25, -0.2) is 4.98 Å². The van der Waals surface area contributed by atoms with E-state index in [-0.39, 0.29) is 12.5 Å². The van der Waals surface area contributed by atoms with Crippen LogP contribution in [-0.4, -0.2) is 27.0 Å². The smallest absolute Gasteiger partial charge is 0.197 e. The number of anilines is 1. The molecule has 1 rings (SSSR count). The summed E-state index contributed by atoms with van der Waals surface area (Å²) in [4.78, 5) is 6.38. The van der Waals surface area contributed by atoms with Gasteiger partial charge in [0.05, 0.1) is 17.3 Å². The molecule has 1 heterocycles. The van der Waals surface area contributed by atoms with Gasteiger partial charge in [-0.1, -0.05) is 0 Å². The van der Waals surface area contributed by atoms with Crippen LogP contribution in [-0.2, 0) is 0 Å². The van der Waals surface area contributed by atoms with Gasteiger partial charge in [-0.05, 0) is 0 Å². The minimum absolute atomic E-state index is 0.196. The number of aromatic amines is 1. The Hall–Kier alpha value is -0.780. The van der Waals surface area contributed by atoms with Gasteiger partial charge in [-0.15, -0.1) is 11.6 Å². The number of rotatable bonds is 3. The van der Waals surface area contributed by atoms with Crippen LogP contribution in [0.3, 0.4) is 0 Å². The van der Waals surface area contributed by atoms with Crippen molar-refractivity contribution >= 4 is 17.5 Å². The van der Waals surface area contributed by atoms with Gasteiger partial charge in [0.15, 0.2) is 5.95 Å². The molecule has 6 heteroatoms. The molecule has 0 aliphatic carbocycles. The third kappa shape index (κ3) is 1.88. The highest BCUT2D eigenvalue weighted by Crippen LogP contribution is 2.18. The quantitative estimate of drug-likeness (QED) is 0.487. The van der Waals surface area contributed by atoms with E-state index in [1.807, 2.05) is 0 Å². The van der Waals surface area contributed by atoms with E-state index in [4.69, 9.17) is 23.1 Å². The molecule has 0 radical (unpaired) electrons. The summed E-state index contributed by atoms with van der Waals surface area (Å²) in [5.41, 5.74) is 11.0. The first-order valence-electron chi connectivity index (χ1n) is 3.47. The minimum Gasteiger partial charge on any atom is -0.385 e. The number of nitrogen functional groups attached to an aromatic ring is 1. The van der Waals surface area contributed by atoms with Crippen LogP contribution in [0.4, 0.5) is 5.95 Å². The molecule has 0 aliphatic rings. The Labute approximate surface area is 74.7 Å². The molecule has 1 aromatic rings. The zero-order chi connectivity index (χ0) is 9.14. The summed E-state index contributed by atoms with van der Waals surface area (Å²) >= 11 is 5.70. The molecule has 0 aromatic carbocycles. The largest absolute Gasteiger partial charge is 0.385 e. The lowest BCUT2D eigenvalue weighted by Crippen LogP contribution is -2.22. The number of alkyl halides is 1. The van der Waals surface area contributed by atoms with Crippen LogP contribution in [0.1, 0.15) is 11.8 Å². The number of aromatic nitrogens is 2. The van der Waals surface area contributed by atoms with Gasteiger partial charge in [0, 0.05) is 6.54 Å². The normalized spacial score (nSPS) is 15.9. The summed E-state index contributed by atoms with van der Waals surface area (Å²) in [5, 5.41) is 8.94. The first kappa shape index (κ1) is 9.31. The summed E-state index contributed by atoms with van der Waals surface area (Å²) in [6.07, 6.45) is 0.590. The fraction of sp³-hybridized carbons (Fsp3) is 0.500. The van der Waals surface area contributed by atoms with E-state index >= 15 is 0 Å². The number of nitrogens with zero attached hydrogens (tertiary/aromatic N) is 1. The SMILES string of the molecule is NC[C@H](Cl)[C@H](O)c1cnc(N)[nH]1. The van der Waals surface area contributed by atoms with Crippen LogP contribution in [0, 0.1) is 0 Å². The molecule has 0 saturated heterocycles. The van der Waals surface area contributed by atoms with Crippen molar-refractivity contribution in [2.24, 2.45) is 5.73 Å². The molecule has 0 bridgehead atoms. The Morgan fingerprint density at radius 1 is 1.75 bits per heavy atom. The Morgan fingerprint density at radius 3 is 2.83 bits per heavy atom. The van der Waals surface area contributed by atoms with Crippen molar-refractivity contribution in [2.75, 3.05) is 12.3 Å². The van der Waals surface area contributed by atoms with Gasteiger partial charge in [-0.3, -0.25) is 0 Å². The third-order valence-corrected chi connectivity index (χ3v) is 1.92. The topological polar surface area (TPSA) is 101 Å². The zero-order valence-corrected chi connectivity index (χ0v) is 7.12.